The topological polar surface area (TPSA) is 87.1 Å². The highest BCUT2D eigenvalue weighted by Crippen LogP contribution is 2.19. The highest BCUT2D eigenvalue weighted by atomic mass is 16.5. The monoisotopic (exact) mass is 415 g/mol. The molecule has 2 rings (SSSR count). The molecule has 0 saturated carbocycles. The van der Waals surface area contributed by atoms with Gasteiger partial charge in [0.05, 0.1) is 6.61 Å². The predicted octanol–water partition coefficient (Wildman–Crippen LogP) is 4.13. The van der Waals surface area contributed by atoms with Crippen LogP contribution in [-0.4, -0.2) is 53.3 Å². The van der Waals surface area contributed by atoms with E-state index in [-0.39, 0.29) is 0 Å². The highest BCUT2D eigenvalue weighted by molar-refractivity contribution is 6.27. The number of nitrogens with zero attached hydrogens (tertiary/aromatic N) is 1. The SMILES string of the molecule is CCCN(CCC)CCc1ccccc1OCCc1ccccc1.O=C(O)C(=O)O. The molecule has 2 aromatic carbocycles. The normalized spacial score (nSPS) is 10.2. The summed E-state index contributed by atoms with van der Waals surface area (Å²) < 4.78 is 6.07. The Morgan fingerprint density at radius 2 is 1.37 bits per heavy atom. The third kappa shape index (κ3) is 10.6. The molecule has 0 spiro atoms. The average molecular weight is 416 g/mol. The van der Waals surface area contributed by atoms with Crippen LogP contribution in [0.1, 0.15) is 37.8 Å². The number of carbonyl (C=O) groups is 2. The molecule has 2 N–H and O–H groups in total. The van der Waals surface area contributed by atoms with Crippen LogP contribution < -0.4 is 4.74 Å². The number of benzene rings is 2. The fourth-order valence-electron chi connectivity index (χ4n) is 3.02. The third-order valence-corrected chi connectivity index (χ3v) is 4.42. The Labute approximate surface area is 179 Å². The molecule has 2 aromatic rings. The van der Waals surface area contributed by atoms with Crippen LogP contribution in [0.15, 0.2) is 54.6 Å². The van der Waals surface area contributed by atoms with Gasteiger partial charge in [-0.3, -0.25) is 0 Å². The first-order valence-corrected chi connectivity index (χ1v) is 10.4. The molecular weight excluding hydrogens is 382 g/mol. The second-order valence-electron chi connectivity index (χ2n) is 6.89. The second-order valence-corrected chi connectivity index (χ2v) is 6.89. The van der Waals surface area contributed by atoms with Gasteiger partial charge in [-0.25, -0.2) is 9.59 Å². The van der Waals surface area contributed by atoms with Crippen molar-refractivity contribution < 1.29 is 24.5 Å². The number of carboxylic acid groups (broad SMARTS) is 2. The molecular formula is C24H33NO5. The second kappa shape index (κ2) is 15.0. The van der Waals surface area contributed by atoms with E-state index in [4.69, 9.17) is 24.5 Å². The van der Waals surface area contributed by atoms with Crippen molar-refractivity contribution >= 4 is 11.9 Å². The highest BCUT2D eigenvalue weighted by Gasteiger charge is 2.07. The lowest BCUT2D eigenvalue weighted by molar-refractivity contribution is -0.159. The molecule has 0 amide bonds. The van der Waals surface area contributed by atoms with E-state index in [1.165, 1.54) is 37.1 Å². The summed E-state index contributed by atoms with van der Waals surface area (Å²) in [5.41, 5.74) is 2.65. The van der Waals surface area contributed by atoms with Gasteiger partial charge in [0.2, 0.25) is 0 Å². The standard InChI is InChI=1S/C22H31NO.C2H2O4/c1-3-16-23(17-4-2)18-14-21-12-8-9-13-22(21)24-19-15-20-10-6-5-7-11-20;3-1(4)2(5)6/h5-13H,3-4,14-19H2,1-2H3;(H,3,4)(H,5,6). The van der Waals surface area contributed by atoms with Crippen molar-refractivity contribution in [2.24, 2.45) is 0 Å². The van der Waals surface area contributed by atoms with E-state index >= 15 is 0 Å². The van der Waals surface area contributed by atoms with Gasteiger partial charge in [0, 0.05) is 13.0 Å². The fourth-order valence-corrected chi connectivity index (χ4v) is 3.02. The van der Waals surface area contributed by atoms with Crippen LogP contribution in [0.3, 0.4) is 0 Å². The molecule has 0 radical (unpaired) electrons. The van der Waals surface area contributed by atoms with Crippen molar-refractivity contribution in [3.8, 4) is 5.75 Å². The number of hydrogen-bond donors (Lipinski definition) is 2. The number of para-hydroxylation sites is 1. The molecule has 0 heterocycles. The summed E-state index contributed by atoms with van der Waals surface area (Å²) in [6.45, 7) is 8.72. The van der Waals surface area contributed by atoms with Gasteiger partial charge in [0.1, 0.15) is 5.75 Å². The Kier molecular flexibility index (Phi) is 12.6. The molecule has 0 aliphatic rings. The molecule has 6 heteroatoms. The summed E-state index contributed by atoms with van der Waals surface area (Å²) in [4.78, 5) is 20.8. The first-order valence-electron chi connectivity index (χ1n) is 10.4. The lowest BCUT2D eigenvalue weighted by Gasteiger charge is -2.21. The van der Waals surface area contributed by atoms with Gasteiger partial charge in [-0.15, -0.1) is 0 Å². The summed E-state index contributed by atoms with van der Waals surface area (Å²) in [5, 5.41) is 14.8. The van der Waals surface area contributed by atoms with Crippen LogP contribution in [0, 0.1) is 0 Å². The number of ether oxygens (including phenoxy) is 1. The minimum absolute atomic E-state index is 0.731. The Bertz CT molecular complexity index is 730. The maximum absolute atomic E-state index is 9.10. The first-order chi connectivity index (χ1) is 14.5. The molecule has 0 fully saturated rings. The van der Waals surface area contributed by atoms with E-state index in [0.717, 1.165) is 31.7 Å². The third-order valence-electron chi connectivity index (χ3n) is 4.42. The van der Waals surface area contributed by atoms with Crippen LogP contribution in [0.5, 0.6) is 5.75 Å². The number of carboxylic acids is 2. The van der Waals surface area contributed by atoms with Crippen molar-refractivity contribution in [1.29, 1.82) is 0 Å². The molecule has 0 aliphatic carbocycles. The van der Waals surface area contributed by atoms with Gasteiger partial charge >= 0.3 is 11.9 Å². The summed E-state index contributed by atoms with van der Waals surface area (Å²) in [6.07, 6.45) is 4.44. The van der Waals surface area contributed by atoms with E-state index < -0.39 is 11.9 Å². The van der Waals surface area contributed by atoms with Crippen molar-refractivity contribution in [2.75, 3.05) is 26.2 Å². The molecule has 0 unspecified atom stereocenters. The molecule has 0 aromatic heterocycles. The van der Waals surface area contributed by atoms with Crippen LogP contribution in [0.25, 0.3) is 0 Å². The maximum atomic E-state index is 9.10. The molecule has 0 aliphatic heterocycles. The minimum Gasteiger partial charge on any atom is -0.493 e. The van der Waals surface area contributed by atoms with E-state index in [0.29, 0.717) is 0 Å². The first kappa shape index (κ1) is 25.2. The van der Waals surface area contributed by atoms with Gasteiger partial charge in [-0.2, -0.15) is 0 Å². The van der Waals surface area contributed by atoms with Crippen molar-refractivity contribution in [2.45, 2.75) is 39.5 Å². The average Bonchev–Trinajstić information content (AvgIpc) is 2.74. The minimum atomic E-state index is -1.82. The molecule has 0 bridgehead atoms. The van der Waals surface area contributed by atoms with Gasteiger partial charge < -0.3 is 19.8 Å². The largest absolute Gasteiger partial charge is 0.493 e. The van der Waals surface area contributed by atoms with Crippen LogP contribution in [-0.2, 0) is 22.4 Å². The summed E-state index contributed by atoms with van der Waals surface area (Å²) in [7, 11) is 0. The number of hydrogen-bond acceptors (Lipinski definition) is 4. The van der Waals surface area contributed by atoms with Gasteiger partial charge in [0.15, 0.2) is 0 Å². The Balaban J connectivity index is 0.000000656. The quantitative estimate of drug-likeness (QED) is 0.537. The van der Waals surface area contributed by atoms with Crippen LogP contribution in [0.2, 0.25) is 0 Å². The van der Waals surface area contributed by atoms with E-state index in [1.807, 2.05) is 0 Å². The Hall–Kier alpha value is -2.86. The smallest absolute Gasteiger partial charge is 0.414 e. The summed E-state index contributed by atoms with van der Waals surface area (Å²) in [5.74, 6) is -2.61. The van der Waals surface area contributed by atoms with Gasteiger partial charge in [-0.05, 0) is 49.5 Å². The van der Waals surface area contributed by atoms with Crippen molar-refractivity contribution in [1.82, 2.24) is 4.90 Å². The number of aliphatic carboxylic acids is 2. The van der Waals surface area contributed by atoms with Crippen LogP contribution >= 0.6 is 0 Å². The van der Waals surface area contributed by atoms with Gasteiger partial charge in [-0.1, -0.05) is 62.4 Å². The number of rotatable bonds is 11. The van der Waals surface area contributed by atoms with Crippen molar-refractivity contribution in [3.63, 3.8) is 0 Å². The van der Waals surface area contributed by atoms with Crippen LogP contribution in [0.4, 0.5) is 0 Å². The molecule has 0 atom stereocenters. The molecule has 0 saturated heterocycles. The zero-order valence-electron chi connectivity index (χ0n) is 17.9. The summed E-state index contributed by atoms with van der Waals surface area (Å²) in [6, 6.07) is 19.0. The Morgan fingerprint density at radius 1 is 0.800 bits per heavy atom. The van der Waals surface area contributed by atoms with Crippen molar-refractivity contribution in [3.05, 3.63) is 65.7 Å². The zero-order valence-corrected chi connectivity index (χ0v) is 17.9. The lowest BCUT2D eigenvalue weighted by atomic mass is 10.1. The summed E-state index contributed by atoms with van der Waals surface area (Å²) >= 11 is 0. The zero-order chi connectivity index (χ0) is 22.2. The Morgan fingerprint density at radius 3 is 1.93 bits per heavy atom. The van der Waals surface area contributed by atoms with E-state index in [9.17, 15) is 0 Å². The van der Waals surface area contributed by atoms with E-state index in [2.05, 4.69) is 73.3 Å². The maximum Gasteiger partial charge on any atom is 0.414 e. The molecule has 30 heavy (non-hydrogen) atoms. The predicted molar refractivity (Wildman–Crippen MR) is 118 cm³/mol. The lowest BCUT2D eigenvalue weighted by Crippen LogP contribution is -2.27. The van der Waals surface area contributed by atoms with Gasteiger partial charge in [0.25, 0.3) is 0 Å². The fraction of sp³-hybridized carbons (Fsp3) is 0.417. The van der Waals surface area contributed by atoms with E-state index in [1.54, 1.807) is 0 Å². The molecule has 164 valence electrons. The molecule has 6 nitrogen and oxygen atoms in total.